The molecule has 0 amide bonds. The van der Waals surface area contributed by atoms with Gasteiger partial charge in [-0.3, -0.25) is 14.8 Å². The Morgan fingerprint density at radius 2 is 2.04 bits per heavy atom. The van der Waals surface area contributed by atoms with Crippen LogP contribution in [0.1, 0.15) is 18.3 Å². The second-order valence-electron chi connectivity index (χ2n) is 5.37. The van der Waals surface area contributed by atoms with Gasteiger partial charge >= 0.3 is 5.69 Å². The largest absolute Gasteiger partial charge is 0.332 e. The van der Waals surface area contributed by atoms with E-state index in [0.29, 0.717) is 28.9 Å². The lowest BCUT2D eigenvalue weighted by atomic mass is 10.1. The molecule has 0 saturated carbocycles. The normalized spacial score (nSPS) is 12.1. The molecule has 1 atom stereocenters. The highest BCUT2D eigenvalue weighted by Gasteiger charge is 2.15. The Morgan fingerprint density at radius 1 is 1.29 bits per heavy atom. The van der Waals surface area contributed by atoms with Crippen LogP contribution in [-0.4, -0.2) is 38.2 Å². The van der Waals surface area contributed by atoms with Crippen LogP contribution in [0.2, 0.25) is 0 Å². The molecular weight excluding hydrogens is 336 g/mol. The van der Waals surface area contributed by atoms with E-state index in [9.17, 15) is 9.59 Å². The number of halogens is 1. The van der Waals surface area contributed by atoms with Crippen LogP contribution >= 0.6 is 12.4 Å². The zero-order chi connectivity index (χ0) is 16.6. The highest BCUT2D eigenvalue weighted by molar-refractivity contribution is 5.85. The number of likely N-dealkylation sites (N-methyl/N-ethyl adjacent to an activating group) is 1. The number of nitrogens with one attached hydrogen (secondary N) is 3. The van der Waals surface area contributed by atoms with Gasteiger partial charge in [-0.25, -0.2) is 9.78 Å². The fourth-order valence-corrected chi connectivity index (χ4v) is 2.28. The molecule has 3 aromatic heterocycles. The van der Waals surface area contributed by atoms with Gasteiger partial charge in [0.25, 0.3) is 11.4 Å². The number of aromatic amines is 2. The molecule has 0 bridgehead atoms. The Bertz CT molecular complexity index is 977. The molecule has 0 radical (unpaired) electrons. The number of aryl methyl sites for hydroxylation is 1. The van der Waals surface area contributed by atoms with E-state index in [2.05, 4.69) is 30.4 Å². The molecule has 0 fully saturated rings. The van der Waals surface area contributed by atoms with Gasteiger partial charge in [-0.05, 0) is 32.5 Å². The van der Waals surface area contributed by atoms with Crippen molar-refractivity contribution < 1.29 is 4.52 Å². The third kappa shape index (κ3) is 3.36. The lowest BCUT2D eigenvalue weighted by molar-refractivity contribution is 0.417. The monoisotopic (exact) mass is 352 g/mol. The lowest BCUT2D eigenvalue weighted by Crippen LogP contribution is -2.24. The van der Waals surface area contributed by atoms with Gasteiger partial charge in [0, 0.05) is 12.5 Å². The zero-order valence-corrected chi connectivity index (χ0v) is 14.2. The minimum atomic E-state index is -0.611. The van der Waals surface area contributed by atoms with E-state index in [1.165, 1.54) is 0 Å². The summed E-state index contributed by atoms with van der Waals surface area (Å²) in [6.45, 7) is 3.76. The van der Waals surface area contributed by atoms with Gasteiger partial charge in [-0.1, -0.05) is 5.16 Å². The zero-order valence-electron chi connectivity index (χ0n) is 13.3. The minimum absolute atomic E-state index is 0. The van der Waals surface area contributed by atoms with Crippen molar-refractivity contribution in [1.29, 1.82) is 0 Å². The number of H-pyrrole nitrogens is 2. The van der Waals surface area contributed by atoms with Crippen LogP contribution in [0.3, 0.4) is 0 Å². The second kappa shape index (κ2) is 6.93. The molecule has 9 nitrogen and oxygen atoms in total. The Labute approximate surface area is 142 Å². The summed E-state index contributed by atoms with van der Waals surface area (Å²) in [6.07, 6.45) is 0.614. The Balaban J connectivity index is 0.00000208. The fourth-order valence-electron chi connectivity index (χ4n) is 2.28. The SMILES string of the molecule is CNC(C)Cc1noc(-c2cc(C)c3c(=O)[nH]c(=O)[nH]c3n2)n1.Cl. The quantitative estimate of drug-likeness (QED) is 0.624. The third-order valence-corrected chi connectivity index (χ3v) is 3.57. The van der Waals surface area contributed by atoms with E-state index < -0.39 is 11.2 Å². The molecule has 0 aliphatic heterocycles. The molecule has 24 heavy (non-hydrogen) atoms. The van der Waals surface area contributed by atoms with Gasteiger partial charge in [0.15, 0.2) is 5.82 Å². The van der Waals surface area contributed by atoms with Crippen molar-refractivity contribution in [3.05, 3.63) is 38.3 Å². The summed E-state index contributed by atoms with van der Waals surface area (Å²) in [5, 5.41) is 7.34. The summed E-state index contributed by atoms with van der Waals surface area (Å²) < 4.78 is 5.23. The number of pyridine rings is 1. The van der Waals surface area contributed by atoms with Gasteiger partial charge in [-0.2, -0.15) is 4.98 Å². The maximum atomic E-state index is 11.9. The molecule has 0 spiro atoms. The summed E-state index contributed by atoms with van der Waals surface area (Å²) >= 11 is 0. The van der Waals surface area contributed by atoms with Crippen molar-refractivity contribution in [3.8, 4) is 11.6 Å². The molecule has 3 N–H and O–H groups in total. The number of hydrogen-bond acceptors (Lipinski definition) is 7. The number of hydrogen-bond donors (Lipinski definition) is 3. The molecule has 0 aromatic carbocycles. The minimum Gasteiger partial charge on any atom is -0.332 e. The molecule has 0 aliphatic rings. The highest BCUT2D eigenvalue weighted by Crippen LogP contribution is 2.20. The van der Waals surface area contributed by atoms with Gasteiger partial charge in [-0.15, -0.1) is 12.4 Å². The molecule has 3 aromatic rings. The first-order valence-electron chi connectivity index (χ1n) is 7.12. The number of aromatic nitrogens is 5. The van der Waals surface area contributed by atoms with Crippen molar-refractivity contribution in [3.63, 3.8) is 0 Å². The summed E-state index contributed by atoms with van der Waals surface area (Å²) in [7, 11) is 1.85. The fraction of sp³-hybridized carbons (Fsp3) is 0.357. The molecule has 128 valence electrons. The summed E-state index contributed by atoms with van der Waals surface area (Å²) in [6, 6.07) is 1.89. The Morgan fingerprint density at radius 3 is 2.75 bits per heavy atom. The van der Waals surface area contributed by atoms with E-state index in [1.54, 1.807) is 13.0 Å². The first kappa shape index (κ1) is 17.8. The molecule has 0 saturated heterocycles. The predicted molar refractivity (Wildman–Crippen MR) is 90.5 cm³/mol. The number of rotatable bonds is 4. The van der Waals surface area contributed by atoms with E-state index in [4.69, 9.17) is 4.52 Å². The van der Waals surface area contributed by atoms with E-state index in [0.717, 1.165) is 0 Å². The molecule has 3 rings (SSSR count). The van der Waals surface area contributed by atoms with Gasteiger partial charge < -0.3 is 9.84 Å². The van der Waals surface area contributed by atoms with E-state index in [-0.39, 0.29) is 30.0 Å². The first-order valence-corrected chi connectivity index (χ1v) is 7.12. The smallest absolute Gasteiger partial charge is 0.327 e. The topological polar surface area (TPSA) is 130 Å². The summed E-state index contributed by atoms with van der Waals surface area (Å²) in [5.74, 6) is 0.801. The molecule has 10 heteroatoms. The maximum Gasteiger partial charge on any atom is 0.327 e. The van der Waals surface area contributed by atoms with Crippen LogP contribution in [-0.2, 0) is 6.42 Å². The van der Waals surface area contributed by atoms with Crippen LogP contribution in [0.15, 0.2) is 20.2 Å². The maximum absolute atomic E-state index is 11.9. The second-order valence-corrected chi connectivity index (χ2v) is 5.37. The first-order chi connectivity index (χ1) is 11.0. The molecule has 0 aliphatic carbocycles. The predicted octanol–water partition coefficient (Wildman–Crippen LogP) is 0.542. The molecular formula is C14H17ClN6O3. The average Bonchev–Trinajstić information content (AvgIpc) is 2.94. The van der Waals surface area contributed by atoms with Gasteiger partial charge in [0.05, 0.1) is 5.39 Å². The van der Waals surface area contributed by atoms with Crippen molar-refractivity contribution in [2.45, 2.75) is 26.3 Å². The van der Waals surface area contributed by atoms with E-state index >= 15 is 0 Å². The molecule has 1 unspecified atom stereocenters. The van der Waals surface area contributed by atoms with Crippen LogP contribution in [0, 0.1) is 6.92 Å². The van der Waals surface area contributed by atoms with E-state index in [1.807, 2.05) is 14.0 Å². The Kier molecular flexibility index (Phi) is 5.15. The van der Waals surface area contributed by atoms with Gasteiger partial charge in [0.2, 0.25) is 0 Å². The Hall–Kier alpha value is -2.52. The summed E-state index contributed by atoms with van der Waals surface area (Å²) in [5.41, 5.74) is 0.171. The lowest BCUT2D eigenvalue weighted by Gasteiger charge is -2.04. The van der Waals surface area contributed by atoms with Crippen LogP contribution < -0.4 is 16.6 Å². The van der Waals surface area contributed by atoms with Crippen molar-refractivity contribution in [2.24, 2.45) is 0 Å². The summed E-state index contributed by atoms with van der Waals surface area (Å²) in [4.78, 5) is 36.5. The van der Waals surface area contributed by atoms with Crippen molar-refractivity contribution in [2.75, 3.05) is 7.05 Å². The standard InChI is InChI=1S/C14H16N6O3.ClH/c1-6-4-8(13-17-9(20-23-13)5-7(2)15-3)16-11-10(6)12(21)19-14(22)18-11;/h4,7,15H,5H2,1-3H3,(H2,16,18,19,21,22);1H. The van der Waals surface area contributed by atoms with Gasteiger partial charge in [0.1, 0.15) is 11.3 Å². The average molecular weight is 353 g/mol. The van der Waals surface area contributed by atoms with Crippen molar-refractivity contribution >= 4 is 23.4 Å². The van der Waals surface area contributed by atoms with Crippen molar-refractivity contribution in [1.82, 2.24) is 30.4 Å². The van der Waals surface area contributed by atoms with Crippen LogP contribution in [0.4, 0.5) is 0 Å². The van der Waals surface area contributed by atoms with Crippen LogP contribution in [0.25, 0.3) is 22.6 Å². The molecule has 3 heterocycles. The third-order valence-electron chi connectivity index (χ3n) is 3.57. The highest BCUT2D eigenvalue weighted by atomic mass is 35.5. The number of fused-ring (bicyclic) bond motifs is 1. The number of nitrogens with zero attached hydrogens (tertiary/aromatic N) is 3. The van der Waals surface area contributed by atoms with Crippen LogP contribution in [0.5, 0.6) is 0 Å².